The highest BCUT2D eigenvalue weighted by Gasteiger charge is 2.35. The monoisotopic (exact) mass is 493 g/mol. The summed E-state index contributed by atoms with van der Waals surface area (Å²) >= 11 is 3.20. The molecule has 0 radical (unpaired) electrons. The van der Waals surface area contributed by atoms with Crippen molar-refractivity contribution in [3.63, 3.8) is 0 Å². The van der Waals surface area contributed by atoms with E-state index in [0.717, 1.165) is 32.2 Å². The summed E-state index contributed by atoms with van der Waals surface area (Å²) in [6.45, 7) is 5.04. The molecule has 0 aromatic heterocycles. The standard InChI is InChI=1S/C21H20INO3S/c1-14(2)13-26-18-6-4-3-5-16(18)11-19-20(24)23(21(25)27-19)12-15-7-9-17(22)10-8-15/h3-11,14H,12-13H2,1-2H3/b19-11+. The topological polar surface area (TPSA) is 46.6 Å². The minimum atomic E-state index is -0.262. The van der Waals surface area contributed by atoms with E-state index in [1.54, 1.807) is 6.08 Å². The molecule has 0 atom stereocenters. The first-order valence-corrected chi connectivity index (χ1v) is 10.5. The average molecular weight is 493 g/mol. The van der Waals surface area contributed by atoms with Crippen LogP contribution >= 0.6 is 34.4 Å². The van der Waals surface area contributed by atoms with E-state index in [4.69, 9.17) is 4.74 Å². The lowest BCUT2D eigenvalue weighted by Gasteiger charge is -2.13. The molecule has 0 saturated carbocycles. The van der Waals surface area contributed by atoms with Crippen LogP contribution in [0.15, 0.2) is 53.4 Å². The Labute approximate surface area is 177 Å². The SMILES string of the molecule is CC(C)COc1ccccc1/C=C1/SC(=O)N(Cc2ccc(I)cc2)C1=O. The maximum atomic E-state index is 12.7. The third-order valence-electron chi connectivity index (χ3n) is 3.91. The second-order valence-electron chi connectivity index (χ2n) is 6.64. The van der Waals surface area contributed by atoms with Crippen LogP contribution in [0, 0.1) is 9.49 Å². The number of amides is 2. The molecule has 0 spiro atoms. The number of hydrogen-bond donors (Lipinski definition) is 0. The number of thioether (sulfide) groups is 1. The van der Waals surface area contributed by atoms with E-state index in [9.17, 15) is 9.59 Å². The molecule has 27 heavy (non-hydrogen) atoms. The van der Waals surface area contributed by atoms with Gasteiger partial charge in [-0.05, 0) is 70.1 Å². The minimum absolute atomic E-state index is 0.245. The molecule has 1 aliphatic rings. The van der Waals surface area contributed by atoms with Crippen molar-refractivity contribution in [2.45, 2.75) is 20.4 Å². The van der Waals surface area contributed by atoms with Gasteiger partial charge in [-0.1, -0.05) is 44.2 Å². The molecule has 0 N–H and O–H groups in total. The van der Waals surface area contributed by atoms with Crippen molar-refractivity contribution in [3.8, 4) is 5.75 Å². The van der Waals surface area contributed by atoms with Gasteiger partial charge in [0, 0.05) is 9.13 Å². The molecule has 1 heterocycles. The van der Waals surface area contributed by atoms with Crippen LogP contribution in [-0.2, 0) is 11.3 Å². The van der Waals surface area contributed by atoms with Crippen molar-refractivity contribution in [2.24, 2.45) is 5.92 Å². The molecule has 6 heteroatoms. The zero-order valence-corrected chi connectivity index (χ0v) is 18.1. The van der Waals surface area contributed by atoms with Gasteiger partial charge in [0.25, 0.3) is 11.1 Å². The summed E-state index contributed by atoms with van der Waals surface area (Å²) in [6.07, 6.45) is 1.74. The summed E-state index contributed by atoms with van der Waals surface area (Å²) in [5.74, 6) is 0.858. The minimum Gasteiger partial charge on any atom is -0.493 e. The number of benzene rings is 2. The Morgan fingerprint density at radius 1 is 1.11 bits per heavy atom. The van der Waals surface area contributed by atoms with E-state index in [-0.39, 0.29) is 17.7 Å². The summed E-state index contributed by atoms with van der Waals surface area (Å²) in [5.41, 5.74) is 1.73. The zero-order chi connectivity index (χ0) is 19.4. The summed E-state index contributed by atoms with van der Waals surface area (Å²) in [4.78, 5) is 26.8. The predicted octanol–water partition coefficient (Wildman–Crippen LogP) is 5.56. The van der Waals surface area contributed by atoms with Crippen molar-refractivity contribution in [1.82, 2.24) is 4.90 Å². The molecule has 3 rings (SSSR count). The molecule has 1 saturated heterocycles. The van der Waals surface area contributed by atoms with Crippen LogP contribution in [0.3, 0.4) is 0 Å². The Hall–Kier alpha value is -1.80. The number of carbonyl (C=O) groups is 2. The van der Waals surface area contributed by atoms with Crippen LogP contribution in [0.1, 0.15) is 25.0 Å². The van der Waals surface area contributed by atoms with Gasteiger partial charge in [-0.2, -0.15) is 0 Å². The molecule has 4 nitrogen and oxygen atoms in total. The van der Waals surface area contributed by atoms with E-state index in [0.29, 0.717) is 17.4 Å². The summed E-state index contributed by atoms with van der Waals surface area (Å²) < 4.78 is 6.95. The highest BCUT2D eigenvalue weighted by Crippen LogP contribution is 2.35. The average Bonchev–Trinajstić information content (AvgIpc) is 2.90. The number of nitrogens with zero attached hydrogens (tertiary/aromatic N) is 1. The lowest BCUT2D eigenvalue weighted by molar-refractivity contribution is -0.123. The van der Waals surface area contributed by atoms with Crippen molar-refractivity contribution in [1.29, 1.82) is 0 Å². The number of rotatable bonds is 6. The summed E-state index contributed by atoms with van der Waals surface area (Å²) in [6, 6.07) is 15.4. The predicted molar refractivity (Wildman–Crippen MR) is 117 cm³/mol. The number of para-hydroxylation sites is 1. The fraction of sp³-hybridized carbons (Fsp3) is 0.238. The maximum Gasteiger partial charge on any atom is 0.293 e. The molecule has 0 aliphatic carbocycles. The van der Waals surface area contributed by atoms with Gasteiger partial charge in [-0.25, -0.2) is 0 Å². The first-order valence-electron chi connectivity index (χ1n) is 8.65. The molecule has 0 bridgehead atoms. The van der Waals surface area contributed by atoms with Gasteiger partial charge in [0.1, 0.15) is 5.75 Å². The maximum absolute atomic E-state index is 12.7. The van der Waals surface area contributed by atoms with Crippen molar-refractivity contribution >= 4 is 51.6 Å². The van der Waals surface area contributed by atoms with Crippen LogP contribution in [0.25, 0.3) is 6.08 Å². The van der Waals surface area contributed by atoms with Gasteiger partial charge >= 0.3 is 0 Å². The lowest BCUT2D eigenvalue weighted by atomic mass is 10.1. The van der Waals surface area contributed by atoms with Crippen molar-refractivity contribution < 1.29 is 14.3 Å². The Balaban J connectivity index is 1.79. The number of ether oxygens (including phenoxy) is 1. The molecule has 0 unspecified atom stereocenters. The summed E-state index contributed by atoms with van der Waals surface area (Å²) in [7, 11) is 0. The van der Waals surface area contributed by atoms with Crippen LogP contribution in [-0.4, -0.2) is 22.7 Å². The highest BCUT2D eigenvalue weighted by molar-refractivity contribution is 14.1. The van der Waals surface area contributed by atoms with E-state index in [1.165, 1.54) is 4.90 Å². The third kappa shape index (κ3) is 5.13. The second-order valence-corrected chi connectivity index (χ2v) is 8.88. The van der Waals surface area contributed by atoms with Gasteiger partial charge in [-0.15, -0.1) is 0 Å². The largest absolute Gasteiger partial charge is 0.493 e. The number of imide groups is 1. The number of carbonyl (C=O) groups excluding carboxylic acids is 2. The number of halogens is 1. The van der Waals surface area contributed by atoms with Crippen LogP contribution < -0.4 is 4.74 Å². The normalized spacial score (nSPS) is 15.9. The smallest absolute Gasteiger partial charge is 0.293 e. The molecule has 1 fully saturated rings. The first kappa shape index (κ1) is 19.9. The third-order valence-corrected chi connectivity index (χ3v) is 5.53. The molecular weight excluding hydrogens is 473 g/mol. The zero-order valence-electron chi connectivity index (χ0n) is 15.1. The van der Waals surface area contributed by atoms with E-state index in [1.807, 2.05) is 48.5 Å². The molecule has 140 valence electrons. The molecule has 1 aliphatic heterocycles. The van der Waals surface area contributed by atoms with E-state index in [2.05, 4.69) is 36.4 Å². The quantitative estimate of drug-likeness (QED) is 0.391. The fourth-order valence-corrected chi connectivity index (χ4v) is 3.73. The van der Waals surface area contributed by atoms with Crippen molar-refractivity contribution in [3.05, 3.63) is 68.1 Å². The Morgan fingerprint density at radius 3 is 2.52 bits per heavy atom. The second kappa shape index (κ2) is 8.93. The molecule has 2 aromatic carbocycles. The van der Waals surface area contributed by atoms with Gasteiger partial charge in [0.15, 0.2) is 0 Å². The Morgan fingerprint density at radius 2 is 1.81 bits per heavy atom. The van der Waals surface area contributed by atoms with Crippen LogP contribution in [0.5, 0.6) is 5.75 Å². The Kier molecular flexibility index (Phi) is 6.59. The molecule has 2 aromatic rings. The van der Waals surface area contributed by atoms with Gasteiger partial charge in [0.2, 0.25) is 0 Å². The fourth-order valence-electron chi connectivity index (χ4n) is 2.54. The van der Waals surface area contributed by atoms with Crippen molar-refractivity contribution in [2.75, 3.05) is 6.61 Å². The van der Waals surface area contributed by atoms with Gasteiger partial charge in [-0.3, -0.25) is 14.5 Å². The lowest BCUT2D eigenvalue weighted by Crippen LogP contribution is -2.27. The highest BCUT2D eigenvalue weighted by atomic mass is 127. The Bertz CT molecular complexity index is 877. The summed E-state index contributed by atoms with van der Waals surface area (Å²) in [5, 5.41) is -0.245. The van der Waals surface area contributed by atoms with Gasteiger partial charge < -0.3 is 4.74 Å². The van der Waals surface area contributed by atoms with E-state index < -0.39 is 0 Å². The number of hydrogen-bond acceptors (Lipinski definition) is 4. The van der Waals surface area contributed by atoms with Gasteiger partial charge in [0.05, 0.1) is 18.1 Å². The molecule has 2 amide bonds. The van der Waals surface area contributed by atoms with E-state index >= 15 is 0 Å². The molecular formula is C21H20INO3S. The van der Waals surface area contributed by atoms with Crippen LogP contribution in [0.4, 0.5) is 4.79 Å². The van der Waals surface area contributed by atoms with Crippen LogP contribution in [0.2, 0.25) is 0 Å². The first-order chi connectivity index (χ1) is 12.9.